The summed E-state index contributed by atoms with van der Waals surface area (Å²) in [4.78, 5) is 14.4. The Morgan fingerprint density at radius 2 is 1.95 bits per heavy atom. The molecule has 1 atom stereocenters. The van der Waals surface area contributed by atoms with Crippen LogP contribution in [0.25, 0.3) is 0 Å². The molecule has 2 aliphatic rings. The number of nitrogens with one attached hydrogen (secondary N) is 2. The number of amides is 1. The van der Waals surface area contributed by atoms with Gasteiger partial charge < -0.3 is 15.5 Å². The lowest BCUT2D eigenvalue weighted by Crippen LogP contribution is -2.49. The van der Waals surface area contributed by atoms with Gasteiger partial charge in [0.1, 0.15) is 0 Å². The van der Waals surface area contributed by atoms with Gasteiger partial charge in [-0.1, -0.05) is 6.92 Å². The van der Waals surface area contributed by atoms with Crippen LogP contribution in [0.1, 0.15) is 39.0 Å². The van der Waals surface area contributed by atoms with Crippen molar-refractivity contribution in [2.24, 2.45) is 0 Å². The molecule has 0 radical (unpaired) electrons. The minimum atomic E-state index is 0. The number of rotatable bonds is 4. The quantitative estimate of drug-likeness (QED) is 0.828. The average molecular weight is 312 g/mol. The van der Waals surface area contributed by atoms with Crippen molar-refractivity contribution in [2.75, 3.05) is 26.2 Å². The summed E-state index contributed by atoms with van der Waals surface area (Å²) in [5.74, 6) is 0.219. The lowest BCUT2D eigenvalue weighted by molar-refractivity contribution is -0.123. The van der Waals surface area contributed by atoms with Crippen molar-refractivity contribution in [2.45, 2.75) is 51.1 Å². The van der Waals surface area contributed by atoms with Crippen LogP contribution in [0.15, 0.2) is 0 Å². The molecule has 0 bridgehead atoms. The second-order valence-electron chi connectivity index (χ2n) is 5.27. The van der Waals surface area contributed by atoms with Crippen LogP contribution in [0, 0.1) is 0 Å². The van der Waals surface area contributed by atoms with Crippen molar-refractivity contribution in [3.8, 4) is 0 Å². The van der Waals surface area contributed by atoms with E-state index in [9.17, 15) is 4.79 Å². The molecule has 0 aromatic rings. The molecule has 0 unspecified atom stereocenters. The summed E-state index contributed by atoms with van der Waals surface area (Å²) in [7, 11) is 0. The van der Waals surface area contributed by atoms with Gasteiger partial charge >= 0.3 is 0 Å². The van der Waals surface area contributed by atoms with Gasteiger partial charge in [-0.05, 0) is 45.2 Å². The zero-order valence-corrected chi connectivity index (χ0v) is 13.3. The van der Waals surface area contributed by atoms with E-state index < -0.39 is 0 Å². The molecule has 0 aliphatic carbocycles. The van der Waals surface area contributed by atoms with E-state index in [0.29, 0.717) is 6.04 Å². The first kappa shape index (κ1) is 19.0. The fourth-order valence-electron chi connectivity index (χ4n) is 2.83. The molecule has 2 N–H and O–H groups in total. The van der Waals surface area contributed by atoms with Crippen molar-refractivity contribution in [1.82, 2.24) is 15.5 Å². The minimum absolute atomic E-state index is 0. The molecule has 1 amide bonds. The number of halogens is 2. The highest BCUT2D eigenvalue weighted by Crippen LogP contribution is 2.12. The number of piperidine rings is 1. The van der Waals surface area contributed by atoms with Gasteiger partial charge in [0.05, 0.1) is 6.04 Å². The first-order valence-electron chi connectivity index (χ1n) is 7.05. The predicted octanol–water partition coefficient (Wildman–Crippen LogP) is 1.57. The van der Waals surface area contributed by atoms with Crippen LogP contribution in [-0.4, -0.2) is 49.1 Å². The Balaban J connectivity index is 0.00000162. The monoisotopic (exact) mass is 311 g/mol. The van der Waals surface area contributed by atoms with E-state index in [-0.39, 0.29) is 36.8 Å². The summed E-state index contributed by atoms with van der Waals surface area (Å²) in [5.41, 5.74) is 0. The minimum Gasteiger partial charge on any atom is -0.352 e. The van der Waals surface area contributed by atoms with Crippen molar-refractivity contribution in [3.63, 3.8) is 0 Å². The molecule has 2 rings (SSSR count). The maximum Gasteiger partial charge on any atom is 0.237 e. The van der Waals surface area contributed by atoms with E-state index in [2.05, 4.69) is 22.5 Å². The van der Waals surface area contributed by atoms with Gasteiger partial charge in [-0.3, -0.25) is 4.79 Å². The van der Waals surface area contributed by atoms with Crippen molar-refractivity contribution < 1.29 is 4.79 Å². The molecule has 2 heterocycles. The lowest BCUT2D eigenvalue weighted by atomic mass is 10.0. The van der Waals surface area contributed by atoms with Crippen LogP contribution in [0.4, 0.5) is 0 Å². The number of likely N-dealkylation sites (tertiary alicyclic amines) is 1. The molecule has 4 nitrogen and oxygen atoms in total. The Morgan fingerprint density at radius 1 is 1.26 bits per heavy atom. The van der Waals surface area contributed by atoms with Crippen LogP contribution in [0.3, 0.4) is 0 Å². The van der Waals surface area contributed by atoms with Crippen LogP contribution in [0.2, 0.25) is 0 Å². The topological polar surface area (TPSA) is 44.4 Å². The van der Waals surface area contributed by atoms with E-state index in [0.717, 1.165) is 45.3 Å². The third-order valence-corrected chi connectivity index (χ3v) is 3.85. The summed E-state index contributed by atoms with van der Waals surface area (Å²) >= 11 is 0. The van der Waals surface area contributed by atoms with Gasteiger partial charge in [0.15, 0.2) is 0 Å². The SMILES string of the molecule is CCCN1CCC(NC(=O)[C@@H]2CCCN2)CC1.Cl.Cl. The van der Waals surface area contributed by atoms with Crippen LogP contribution in [-0.2, 0) is 4.79 Å². The molecule has 19 heavy (non-hydrogen) atoms. The fraction of sp³-hybridized carbons (Fsp3) is 0.923. The maximum atomic E-state index is 11.9. The van der Waals surface area contributed by atoms with Gasteiger partial charge in [0.25, 0.3) is 0 Å². The van der Waals surface area contributed by atoms with Gasteiger partial charge in [-0.15, -0.1) is 24.8 Å². The largest absolute Gasteiger partial charge is 0.352 e. The van der Waals surface area contributed by atoms with Crippen LogP contribution < -0.4 is 10.6 Å². The number of carbonyl (C=O) groups is 1. The Hall–Kier alpha value is -0.0300. The third kappa shape index (κ3) is 5.86. The van der Waals surface area contributed by atoms with Crippen molar-refractivity contribution in [1.29, 1.82) is 0 Å². The van der Waals surface area contributed by atoms with Crippen LogP contribution >= 0.6 is 24.8 Å². The van der Waals surface area contributed by atoms with E-state index >= 15 is 0 Å². The summed E-state index contributed by atoms with van der Waals surface area (Å²) in [6.07, 6.45) is 5.58. The smallest absolute Gasteiger partial charge is 0.237 e. The van der Waals surface area contributed by atoms with E-state index in [1.807, 2.05) is 0 Å². The molecular weight excluding hydrogens is 285 g/mol. The van der Waals surface area contributed by atoms with Crippen LogP contribution in [0.5, 0.6) is 0 Å². The molecule has 2 fully saturated rings. The second-order valence-corrected chi connectivity index (χ2v) is 5.27. The highest BCUT2D eigenvalue weighted by molar-refractivity contribution is 5.85. The lowest BCUT2D eigenvalue weighted by Gasteiger charge is -2.32. The fourth-order valence-corrected chi connectivity index (χ4v) is 2.83. The zero-order chi connectivity index (χ0) is 12.1. The molecule has 114 valence electrons. The van der Waals surface area contributed by atoms with Gasteiger partial charge in [-0.25, -0.2) is 0 Å². The summed E-state index contributed by atoms with van der Waals surface area (Å²) in [6, 6.07) is 0.474. The molecule has 2 saturated heterocycles. The Kier molecular flexibility index (Phi) is 9.79. The zero-order valence-electron chi connectivity index (χ0n) is 11.7. The molecular formula is C13H27Cl2N3O. The van der Waals surface area contributed by atoms with Gasteiger partial charge in [0, 0.05) is 19.1 Å². The predicted molar refractivity (Wildman–Crippen MR) is 83.4 cm³/mol. The molecule has 6 heteroatoms. The normalized spacial score (nSPS) is 24.4. The van der Waals surface area contributed by atoms with Crippen molar-refractivity contribution in [3.05, 3.63) is 0 Å². The first-order valence-corrected chi connectivity index (χ1v) is 7.05. The Bertz CT molecular complexity index is 252. The third-order valence-electron chi connectivity index (χ3n) is 3.85. The number of hydrogen-bond donors (Lipinski definition) is 2. The number of nitrogens with zero attached hydrogens (tertiary/aromatic N) is 1. The first-order chi connectivity index (χ1) is 8.29. The van der Waals surface area contributed by atoms with Crippen molar-refractivity contribution >= 4 is 30.7 Å². The Labute approximate surface area is 128 Å². The van der Waals surface area contributed by atoms with Gasteiger partial charge in [0.2, 0.25) is 5.91 Å². The average Bonchev–Trinajstić information content (AvgIpc) is 2.86. The molecule has 0 saturated carbocycles. The highest BCUT2D eigenvalue weighted by Gasteiger charge is 2.25. The summed E-state index contributed by atoms with van der Waals surface area (Å²) in [6.45, 7) is 6.69. The molecule has 0 aromatic heterocycles. The summed E-state index contributed by atoms with van der Waals surface area (Å²) < 4.78 is 0. The standard InChI is InChI=1S/C13H25N3O.2ClH/c1-2-8-16-9-5-11(6-10-16)15-13(17)12-4-3-7-14-12;;/h11-12,14H,2-10H2,1H3,(H,15,17);2*1H/t12-;;/m0../s1. The van der Waals surface area contributed by atoms with E-state index in [1.165, 1.54) is 13.0 Å². The second kappa shape index (κ2) is 9.81. The molecule has 0 spiro atoms. The summed E-state index contributed by atoms with van der Waals surface area (Å²) in [5, 5.41) is 6.45. The highest BCUT2D eigenvalue weighted by atomic mass is 35.5. The molecule has 2 aliphatic heterocycles. The molecule has 0 aromatic carbocycles. The van der Waals surface area contributed by atoms with Gasteiger partial charge in [-0.2, -0.15) is 0 Å². The maximum absolute atomic E-state index is 11.9. The number of carbonyl (C=O) groups excluding carboxylic acids is 1. The number of hydrogen-bond acceptors (Lipinski definition) is 3. The van der Waals surface area contributed by atoms with E-state index in [1.54, 1.807) is 0 Å². The van der Waals surface area contributed by atoms with E-state index in [4.69, 9.17) is 0 Å². The Morgan fingerprint density at radius 3 is 2.47 bits per heavy atom.